The minimum Gasteiger partial charge on any atom is -0.368 e. The number of rotatable bonds is 7. The molecule has 0 aliphatic carbocycles. The molecule has 1 fully saturated rings. The summed E-state index contributed by atoms with van der Waals surface area (Å²) in [4.78, 5) is 11.1. The number of hydrogen-bond donors (Lipinski definition) is 2. The summed E-state index contributed by atoms with van der Waals surface area (Å²) >= 11 is 0. The average Bonchev–Trinajstić information content (AvgIpc) is 3.41. The van der Waals surface area contributed by atoms with Crippen LogP contribution in [0.2, 0.25) is 0 Å². The SMILES string of the molecule is CCn1cc(-c2cc(NC[C@@H](c3ccc(F)cc3)N3CCCC3)nc(N)n2)cn1. The van der Waals surface area contributed by atoms with Crippen LogP contribution in [-0.2, 0) is 6.54 Å². The molecule has 4 rings (SSSR count). The first-order valence-electron chi connectivity index (χ1n) is 10.0. The van der Waals surface area contributed by atoms with Gasteiger partial charge in [-0.2, -0.15) is 10.1 Å². The summed E-state index contributed by atoms with van der Waals surface area (Å²) in [6.07, 6.45) is 6.09. The highest BCUT2D eigenvalue weighted by molar-refractivity contribution is 5.62. The first kappa shape index (κ1) is 19.3. The summed E-state index contributed by atoms with van der Waals surface area (Å²) in [6, 6.07) is 8.78. The second kappa shape index (κ2) is 8.57. The maximum Gasteiger partial charge on any atom is 0.222 e. The van der Waals surface area contributed by atoms with Crippen molar-refractivity contribution in [3.63, 3.8) is 0 Å². The Morgan fingerprint density at radius 3 is 2.62 bits per heavy atom. The van der Waals surface area contributed by atoms with Gasteiger partial charge in [-0.05, 0) is 50.6 Å². The summed E-state index contributed by atoms with van der Waals surface area (Å²) in [6.45, 7) is 5.55. The Morgan fingerprint density at radius 1 is 1.17 bits per heavy atom. The lowest BCUT2D eigenvalue weighted by molar-refractivity contribution is 0.255. The van der Waals surface area contributed by atoms with Crippen LogP contribution in [0.15, 0.2) is 42.7 Å². The van der Waals surface area contributed by atoms with E-state index in [1.807, 2.05) is 36.0 Å². The van der Waals surface area contributed by atoms with Crippen LogP contribution in [0.5, 0.6) is 0 Å². The highest BCUT2D eigenvalue weighted by atomic mass is 19.1. The molecule has 1 atom stereocenters. The molecule has 152 valence electrons. The topological polar surface area (TPSA) is 84.9 Å². The Kier molecular flexibility index (Phi) is 5.71. The molecule has 3 heterocycles. The van der Waals surface area contributed by atoms with Gasteiger partial charge in [-0.25, -0.2) is 9.37 Å². The highest BCUT2D eigenvalue weighted by Crippen LogP contribution is 2.27. The number of benzene rings is 1. The van der Waals surface area contributed by atoms with Crippen LogP contribution in [0.25, 0.3) is 11.3 Å². The monoisotopic (exact) mass is 395 g/mol. The summed E-state index contributed by atoms with van der Waals surface area (Å²) in [5.74, 6) is 0.666. The molecular formula is C21H26FN7. The maximum atomic E-state index is 13.4. The van der Waals surface area contributed by atoms with Gasteiger partial charge in [0, 0.05) is 30.9 Å². The van der Waals surface area contributed by atoms with Crippen molar-refractivity contribution in [3.05, 3.63) is 54.1 Å². The van der Waals surface area contributed by atoms with Crippen molar-refractivity contribution >= 4 is 11.8 Å². The van der Waals surface area contributed by atoms with E-state index in [0.717, 1.165) is 36.5 Å². The molecule has 1 saturated heterocycles. The third-order valence-corrected chi connectivity index (χ3v) is 5.31. The van der Waals surface area contributed by atoms with E-state index in [4.69, 9.17) is 5.73 Å². The fourth-order valence-electron chi connectivity index (χ4n) is 3.77. The minimum absolute atomic E-state index is 0.139. The molecule has 3 aromatic rings. The second-order valence-electron chi connectivity index (χ2n) is 7.27. The zero-order valence-electron chi connectivity index (χ0n) is 16.6. The van der Waals surface area contributed by atoms with Gasteiger partial charge < -0.3 is 11.1 Å². The molecule has 8 heteroatoms. The maximum absolute atomic E-state index is 13.4. The number of aryl methyl sites for hydroxylation is 1. The van der Waals surface area contributed by atoms with Gasteiger partial charge in [0.2, 0.25) is 5.95 Å². The molecule has 0 amide bonds. The molecule has 0 radical (unpaired) electrons. The van der Waals surface area contributed by atoms with Crippen LogP contribution >= 0.6 is 0 Å². The van der Waals surface area contributed by atoms with E-state index in [1.54, 1.807) is 6.20 Å². The van der Waals surface area contributed by atoms with Gasteiger partial charge in [-0.15, -0.1) is 0 Å². The van der Waals surface area contributed by atoms with E-state index in [1.165, 1.54) is 25.0 Å². The number of nitrogens with two attached hydrogens (primary N) is 1. The lowest BCUT2D eigenvalue weighted by Gasteiger charge is -2.28. The van der Waals surface area contributed by atoms with E-state index in [0.29, 0.717) is 12.4 Å². The standard InChI is InChI=1S/C21H26FN7/c1-2-29-14-16(12-25-29)18-11-20(27-21(23)26-18)24-13-19(28-9-3-4-10-28)15-5-7-17(22)8-6-15/h5-8,11-12,14,19H,2-4,9-10,13H2,1H3,(H3,23,24,26,27)/t19-/m0/s1. The average molecular weight is 395 g/mol. The quantitative estimate of drug-likeness (QED) is 0.638. The largest absolute Gasteiger partial charge is 0.368 e. The van der Waals surface area contributed by atoms with Crippen LogP contribution in [0.3, 0.4) is 0 Å². The summed E-state index contributed by atoms with van der Waals surface area (Å²) in [7, 11) is 0. The van der Waals surface area contributed by atoms with Crippen molar-refractivity contribution in [3.8, 4) is 11.3 Å². The van der Waals surface area contributed by atoms with Gasteiger partial charge in [-0.3, -0.25) is 9.58 Å². The molecule has 0 saturated carbocycles. The number of aromatic nitrogens is 4. The molecule has 3 N–H and O–H groups in total. The van der Waals surface area contributed by atoms with Gasteiger partial charge in [-0.1, -0.05) is 12.1 Å². The van der Waals surface area contributed by atoms with Crippen molar-refractivity contribution in [2.24, 2.45) is 0 Å². The lowest BCUT2D eigenvalue weighted by Crippen LogP contribution is -2.31. The second-order valence-corrected chi connectivity index (χ2v) is 7.27. The molecule has 1 aromatic carbocycles. The number of halogens is 1. The smallest absolute Gasteiger partial charge is 0.222 e. The highest BCUT2D eigenvalue weighted by Gasteiger charge is 2.23. The molecule has 2 aromatic heterocycles. The third-order valence-electron chi connectivity index (χ3n) is 5.31. The molecular weight excluding hydrogens is 369 g/mol. The molecule has 0 bridgehead atoms. The van der Waals surface area contributed by atoms with Crippen molar-refractivity contribution in [1.82, 2.24) is 24.6 Å². The number of nitrogen functional groups attached to an aromatic ring is 1. The Hall–Kier alpha value is -3.00. The predicted octanol–water partition coefficient (Wildman–Crippen LogP) is 3.33. The van der Waals surface area contributed by atoms with Gasteiger partial charge in [0.1, 0.15) is 11.6 Å². The Balaban J connectivity index is 1.54. The fourth-order valence-corrected chi connectivity index (χ4v) is 3.77. The van der Waals surface area contributed by atoms with Crippen molar-refractivity contribution < 1.29 is 4.39 Å². The van der Waals surface area contributed by atoms with E-state index >= 15 is 0 Å². The molecule has 0 spiro atoms. The Labute approximate surface area is 169 Å². The van der Waals surface area contributed by atoms with Crippen LogP contribution < -0.4 is 11.1 Å². The van der Waals surface area contributed by atoms with E-state index in [2.05, 4.69) is 25.3 Å². The Bertz CT molecular complexity index is 948. The number of anilines is 2. The molecule has 0 unspecified atom stereocenters. The molecule has 29 heavy (non-hydrogen) atoms. The zero-order valence-corrected chi connectivity index (χ0v) is 16.6. The van der Waals surface area contributed by atoms with E-state index in [9.17, 15) is 4.39 Å². The number of likely N-dealkylation sites (tertiary alicyclic amines) is 1. The van der Waals surface area contributed by atoms with Gasteiger partial charge >= 0.3 is 0 Å². The predicted molar refractivity (Wildman–Crippen MR) is 112 cm³/mol. The van der Waals surface area contributed by atoms with Crippen LogP contribution in [-0.4, -0.2) is 44.3 Å². The normalized spacial score (nSPS) is 15.5. The fraction of sp³-hybridized carbons (Fsp3) is 0.381. The van der Waals surface area contributed by atoms with Gasteiger partial charge in [0.15, 0.2) is 0 Å². The minimum atomic E-state index is -0.220. The van der Waals surface area contributed by atoms with E-state index < -0.39 is 0 Å². The van der Waals surface area contributed by atoms with Crippen LogP contribution in [0.4, 0.5) is 16.2 Å². The van der Waals surface area contributed by atoms with E-state index in [-0.39, 0.29) is 17.8 Å². The molecule has 1 aliphatic rings. The zero-order chi connectivity index (χ0) is 20.2. The summed E-state index contributed by atoms with van der Waals surface area (Å²) in [5, 5.41) is 7.71. The third kappa shape index (κ3) is 4.54. The van der Waals surface area contributed by atoms with Crippen molar-refractivity contribution in [2.75, 3.05) is 30.7 Å². The summed E-state index contributed by atoms with van der Waals surface area (Å²) < 4.78 is 15.2. The first-order chi connectivity index (χ1) is 14.1. The lowest BCUT2D eigenvalue weighted by atomic mass is 10.1. The first-order valence-corrected chi connectivity index (χ1v) is 10.0. The van der Waals surface area contributed by atoms with Crippen LogP contribution in [0.1, 0.15) is 31.4 Å². The van der Waals surface area contributed by atoms with Crippen LogP contribution in [0, 0.1) is 5.82 Å². The number of nitrogens with zero attached hydrogens (tertiary/aromatic N) is 5. The Morgan fingerprint density at radius 2 is 1.93 bits per heavy atom. The van der Waals surface area contributed by atoms with Crippen molar-refractivity contribution in [2.45, 2.75) is 32.4 Å². The number of hydrogen-bond acceptors (Lipinski definition) is 6. The summed E-state index contributed by atoms with van der Waals surface area (Å²) in [5.41, 5.74) is 8.68. The molecule has 7 nitrogen and oxygen atoms in total. The van der Waals surface area contributed by atoms with Crippen molar-refractivity contribution in [1.29, 1.82) is 0 Å². The van der Waals surface area contributed by atoms with Gasteiger partial charge in [0.25, 0.3) is 0 Å². The number of nitrogens with one attached hydrogen (secondary N) is 1. The molecule has 1 aliphatic heterocycles. The van der Waals surface area contributed by atoms with Gasteiger partial charge in [0.05, 0.1) is 17.9 Å².